The number of fused-ring (bicyclic) bond motifs is 9. The van der Waals surface area contributed by atoms with Gasteiger partial charge in [-0.1, -0.05) is 43.2 Å². The number of esters is 2. The second kappa shape index (κ2) is 13.0. The van der Waals surface area contributed by atoms with E-state index in [0.29, 0.717) is 31.2 Å². The largest absolute Gasteiger partial charge is 0.496 e. The Balaban J connectivity index is 1.29. The van der Waals surface area contributed by atoms with Crippen LogP contribution in [0.25, 0.3) is 21.8 Å². The quantitative estimate of drug-likeness (QED) is 0.167. The number of allylic oxidation sites excluding steroid dienone is 1. The summed E-state index contributed by atoms with van der Waals surface area (Å²) in [6.07, 6.45) is 7.07. The van der Waals surface area contributed by atoms with Crippen LogP contribution in [0, 0.1) is 23.2 Å². The lowest BCUT2D eigenvalue weighted by molar-refractivity contribution is -0.169. The molecule has 4 aromatic rings. The monoisotopic (exact) mass is 734 g/mol. The maximum Gasteiger partial charge on any atom is 0.319 e. The van der Waals surface area contributed by atoms with Crippen molar-refractivity contribution >= 4 is 33.7 Å². The number of benzene rings is 2. The van der Waals surface area contributed by atoms with E-state index in [2.05, 4.69) is 70.1 Å². The predicted molar refractivity (Wildman–Crippen MR) is 208 cm³/mol. The van der Waals surface area contributed by atoms with Gasteiger partial charge in [-0.05, 0) is 87.2 Å². The molecular formula is C44H54N4O6. The molecule has 4 aliphatic heterocycles. The average Bonchev–Trinajstić information content (AvgIpc) is 3.72. The van der Waals surface area contributed by atoms with Gasteiger partial charge in [-0.3, -0.25) is 19.4 Å². The van der Waals surface area contributed by atoms with Crippen LogP contribution in [-0.2, 0) is 37.3 Å². The van der Waals surface area contributed by atoms with Crippen LogP contribution in [-0.4, -0.2) is 104 Å². The molecule has 6 heterocycles. The second-order valence-corrected chi connectivity index (χ2v) is 16.8. The summed E-state index contributed by atoms with van der Waals surface area (Å²) in [4.78, 5) is 41.0. The van der Waals surface area contributed by atoms with Crippen LogP contribution in [0.15, 0.2) is 48.0 Å². The van der Waals surface area contributed by atoms with Crippen molar-refractivity contribution in [2.24, 2.45) is 23.2 Å². The molecule has 54 heavy (non-hydrogen) atoms. The summed E-state index contributed by atoms with van der Waals surface area (Å²) < 4.78 is 17.7. The molecule has 2 aliphatic carbocycles. The number of rotatable bonds is 6. The summed E-state index contributed by atoms with van der Waals surface area (Å²) in [5, 5.41) is 13.6. The number of carbonyl (C=O) groups excluding carboxylic acids is 2. The smallest absolute Gasteiger partial charge is 0.319 e. The van der Waals surface area contributed by atoms with Crippen molar-refractivity contribution in [1.29, 1.82) is 0 Å². The lowest BCUT2D eigenvalue weighted by Gasteiger charge is -2.57. The predicted octanol–water partition coefficient (Wildman–Crippen LogP) is 5.85. The van der Waals surface area contributed by atoms with Crippen molar-refractivity contribution in [1.82, 2.24) is 19.8 Å². The highest BCUT2D eigenvalue weighted by Crippen LogP contribution is 2.57. The number of nitrogens with one attached hydrogen (secondary N) is 2. The molecule has 10 heteroatoms. The highest BCUT2D eigenvalue weighted by molar-refractivity contribution is 5.93. The molecule has 4 fully saturated rings. The Morgan fingerprint density at radius 2 is 1.81 bits per heavy atom. The van der Waals surface area contributed by atoms with Gasteiger partial charge >= 0.3 is 11.9 Å². The van der Waals surface area contributed by atoms with E-state index < -0.39 is 10.8 Å². The van der Waals surface area contributed by atoms with E-state index in [1.807, 2.05) is 13.0 Å². The van der Waals surface area contributed by atoms with Crippen molar-refractivity contribution in [3.8, 4) is 5.75 Å². The number of hydrogen-bond acceptors (Lipinski definition) is 8. The first-order valence-electron chi connectivity index (χ1n) is 19.9. The summed E-state index contributed by atoms with van der Waals surface area (Å²) in [7, 11) is 6.77. The second-order valence-electron chi connectivity index (χ2n) is 16.8. The minimum atomic E-state index is -1.17. The Kier molecular flexibility index (Phi) is 8.56. The minimum absolute atomic E-state index is 0.0942. The maximum absolute atomic E-state index is 14.3. The summed E-state index contributed by atoms with van der Waals surface area (Å²) in [5.74, 6) is 0.625. The number of nitrogens with zero attached hydrogens (tertiary/aromatic N) is 2. The van der Waals surface area contributed by atoms with Gasteiger partial charge in [-0.15, -0.1) is 0 Å². The molecule has 3 saturated heterocycles. The molecule has 0 radical (unpaired) electrons. The van der Waals surface area contributed by atoms with E-state index in [1.54, 1.807) is 14.2 Å². The van der Waals surface area contributed by atoms with E-state index in [9.17, 15) is 14.7 Å². The van der Waals surface area contributed by atoms with Crippen molar-refractivity contribution in [3.63, 3.8) is 0 Å². The number of aliphatic hydroxyl groups excluding tert-OH is 1. The van der Waals surface area contributed by atoms with Crippen LogP contribution in [0.1, 0.15) is 73.5 Å². The molecule has 0 amide bonds. The average molecular weight is 735 g/mol. The first-order valence-corrected chi connectivity index (χ1v) is 19.9. The van der Waals surface area contributed by atoms with E-state index in [4.69, 9.17) is 14.2 Å². The third kappa shape index (κ3) is 4.68. The standard InChI is InChI=1S/C44H54N4O6/c1-7-25-15-24-20-43(41(50)53-5)39-28(13-14-48(21-24)40(25)43)29-18-36(52-4)30(17-35(29)46-39)31-16-33-26(8-2)22-47(3)37(44(33,23-49)42(51)54-6)19-32-27-11-9-10-12-34(27)45-38(31)32/h8-12,17-18,24-25,31,33,37,40,45-46,49H,7,13-16,19-23H2,1-6H3/b26-8-/t24-,25+,31+,33+,37+,40+,43-,44+/m1/s1. The van der Waals surface area contributed by atoms with Crippen molar-refractivity contribution in [2.75, 3.05) is 54.6 Å². The Labute approximate surface area is 317 Å². The molecular weight excluding hydrogens is 681 g/mol. The number of likely N-dealkylation sites (N-methyl/N-ethyl adjacent to an activating group) is 1. The highest BCUT2D eigenvalue weighted by Gasteiger charge is 2.63. The minimum Gasteiger partial charge on any atom is -0.496 e. The fraction of sp³-hybridized carbons (Fsp3) is 0.545. The molecule has 2 aromatic heterocycles. The van der Waals surface area contributed by atoms with Crippen LogP contribution >= 0.6 is 0 Å². The fourth-order valence-electron chi connectivity index (χ4n) is 12.6. The molecule has 0 spiro atoms. The Hall–Kier alpha value is -4.12. The Morgan fingerprint density at radius 1 is 1.02 bits per heavy atom. The number of methoxy groups -OCH3 is 3. The van der Waals surface area contributed by atoms with Crippen LogP contribution < -0.4 is 4.74 Å². The van der Waals surface area contributed by atoms with Gasteiger partial charge in [-0.25, -0.2) is 0 Å². The van der Waals surface area contributed by atoms with Crippen molar-refractivity contribution in [2.45, 2.75) is 75.8 Å². The first kappa shape index (κ1) is 35.6. The van der Waals surface area contributed by atoms with Crippen LogP contribution in [0.2, 0.25) is 0 Å². The number of aromatic nitrogens is 2. The summed E-state index contributed by atoms with van der Waals surface area (Å²) >= 11 is 0. The van der Waals surface area contributed by atoms with Crippen molar-refractivity contribution in [3.05, 3.63) is 76.1 Å². The number of H-pyrrole nitrogens is 2. The molecule has 1 saturated carbocycles. The molecule has 10 nitrogen and oxygen atoms in total. The van der Waals surface area contributed by atoms with Gasteiger partial charge < -0.3 is 29.3 Å². The van der Waals surface area contributed by atoms with E-state index in [1.165, 1.54) is 12.7 Å². The highest BCUT2D eigenvalue weighted by atomic mass is 16.5. The van der Waals surface area contributed by atoms with E-state index >= 15 is 0 Å². The number of carbonyl (C=O) groups is 2. The SMILES string of the molecule is C/C=C1/CN(C)[C@H]2Cc3c([nH]c4ccccc34)[C@H](c3cc4[nH]c5c(c4cc3OC)CCN3C[C@@H]4C[C@H](CC)[C@H]3[C@@]5(C(=O)OC)C4)C[C@@H]1[C@]2(CO)C(=O)OC. The molecule has 286 valence electrons. The zero-order valence-electron chi connectivity index (χ0n) is 32.5. The lowest BCUT2D eigenvalue weighted by Crippen LogP contribution is -2.67. The molecule has 1 unspecified atom stereocenters. The van der Waals surface area contributed by atoms with Gasteiger partial charge in [0.25, 0.3) is 0 Å². The molecule has 3 N–H and O–H groups in total. The number of aromatic amines is 2. The third-order valence-electron chi connectivity index (χ3n) is 14.8. The zero-order valence-corrected chi connectivity index (χ0v) is 32.5. The van der Waals surface area contributed by atoms with Gasteiger partial charge in [0.2, 0.25) is 0 Å². The number of likely N-dealkylation sites (tertiary alicyclic amines) is 1. The summed E-state index contributed by atoms with van der Waals surface area (Å²) in [6, 6.07) is 12.6. The Bertz CT molecular complexity index is 2190. The first-order chi connectivity index (χ1) is 26.2. The molecule has 2 aromatic carbocycles. The summed E-state index contributed by atoms with van der Waals surface area (Å²) in [6.45, 7) is 6.61. The summed E-state index contributed by atoms with van der Waals surface area (Å²) in [5.41, 5.74) is 6.67. The molecule has 9 atom stereocenters. The number of para-hydroxylation sites is 1. The van der Waals surface area contributed by atoms with Crippen LogP contribution in [0.3, 0.4) is 0 Å². The molecule has 6 aliphatic rings. The molecule has 10 rings (SSSR count). The van der Waals surface area contributed by atoms with E-state index in [0.717, 1.165) is 94.4 Å². The number of hydrogen-bond donors (Lipinski definition) is 3. The number of aliphatic hydroxyl groups is 1. The van der Waals surface area contributed by atoms with Gasteiger partial charge in [0, 0.05) is 82.3 Å². The Morgan fingerprint density at radius 3 is 2.54 bits per heavy atom. The molecule has 6 bridgehead atoms. The lowest BCUT2D eigenvalue weighted by atomic mass is 9.56. The normalized spacial score (nSPS) is 33.8. The van der Waals surface area contributed by atoms with Gasteiger partial charge in [0.1, 0.15) is 16.6 Å². The third-order valence-corrected chi connectivity index (χ3v) is 14.8. The fourth-order valence-corrected chi connectivity index (χ4v) is 12.6. The number of piperidine rings is 3. The maximum atomic E-state index is 14.3. The van der Waals surface area contributed by atoms with Gasteiger partial charge in [0.15, 0.2) is 0 Å². The van der Waals surface area contributed by atoms with Gasteiger partial charge in [-0.2, -0.15) is 0 Å². The topological polar surface area (TPSA) is 120 Å². The van der Waals surface area contributed by atoms with Gasteiger partial charge in [0.05, 0.1) is 27.9 Å². The van der Waals surface area contributed by atoms with Crippen LogP contribution in [0.4, 0.5) is 0 Å². The van der Waals surface area contributed by atoms with E-state index in [-0.39, 0.29) is 42.5 Å². The van der Waals surface area contributed by atoms with Crippen molar-refractivity contribution < 1.29 is 28.9 Å². The van der Waals surface area contributed by atoms with Crippen LogP contribution in [0.5, 0.6) is 5.75 Å². The zero-order chi connectivity index (χ0) is 37.7. The number of ether oxygens (including phenoxy) is 3.